The molecule has 1 atom stereocenters. The molecule has 15 heavy (non-hydrogen) atoms. The van der Waals surface area contributed by atoms with Crippen LogP contribution in [0.5, 0.6) is 0 Å². The van der Waals surface area contributed by atoms with E-state index in [1.54, 1.807) is 0 Å². The zero-order valence-corrected chi connectivity index (χ0v) is 11.5. The molecular weight excluding hydrogens is 182 g/mol. The lowest BCUT2D eigenvalue weighted by Gasteiger charge is -2.47. The normalized spacial score (nSPS) is 22.6. The van der Waals surface area contributed by atoms with Crippen LogP contribution >= 0.6 is 0 Å². The van der Waals surface area contributed by atoms with Gasteiger partial charge in [-0.3, -0.25) is 0 Å². The Hall–Kier alpha value is -0.0400. The number of nitrogens with one attached hydrogen (secondary N) is 1. The molecule has 1 rings (SSSR count). The monoisotopic (exact) mass is 211 g/mol. The van der Waals surface area contributed by atoms with Crippen LogP contribution in [0.3, 0.4) is 0 Å². The molecule has 1 aliphatic carbocycles. The molecule has 1 heteroatoms. The highest BCUT2D eigenvalue weighted by Crippen LogP contribution is 2.46. The highest BCUT2D eigenvalue weighted by atomic mass is 15.0. The van der Waals surface area contributed by atoms with Gasteiger partial charge in [0.2, 0.25) is 0 Å². The van der Waals surface area contributed by atoms with Crippen molar-refractivity contribution in [2.45, 2.75) is 66.3 Å². The van der Waals surface area contributed by atoms with Crippen LogP contribution in [0.15, 0.2) is 0 Å². The third kappa shape index (κ3) is 3.21. The van der Waals surface area contributed by atoms with Gasteiger partial charge in [-0.2, -0.15) is 0 Å². The molecule has 0 amide bonds. The molecule has 0 radical (unpaired) electrons. The fourth-order valence-electron chi connectivity index (χ4n) is 2.34. The van der Waals surface area contributed by atoms with Crippen molar-refractivity contribution in [3.63, 3.8) is 0 Å². The van der Waals surface area contributed by atoms with Crippen LogP contribution in [0.1, 0.15) is 60.8 Å². The molecular formula is C14H29N. The summed E-state index contributed by atoms with van der Waals surface area (Å²) in [5, 5.41) is 3.69. The van der Waals surface area contributed by atoms with Gasteiger partial charge >= 0.3 is 0 Å². The minimum Gasteiger partial charge on any atom is -0.312 e. The second-order valence-electron chi connectivity index (χ2n) is 6.89. The SMILES string of the molecule is CC(C)C(C)(CNC(C)(C)C)C1CCC1. The third-order valence-electron chi connectivity index (χ3n) is 4.36. The minimum absolute atomic E-state index is 0.250. The maximum atomic E-state index is 3.69. The van der Waals surface area contributed by atoms with Crippen LogP contribution in [-0.2, 0) is 0 Å². The van der Waals surface area contributed by atoms with Crippen molar-refractivity contribution in [3.8, 4) is 0 Å². The Labute approximate surface area is 96.0 Å². The average molecular weight is 211 g/mol. The van der Waals surface area contributed by atoms with E-state index in [0.29, 0.717) is 5.41 Å². The van der Waals surface area contributed by atoms with E-state index in [4.69, 9.17) is 0 Å². The lowest BCUT2D eigenvalue weighted by Crippen LogP contribution is -2.49. The van der Waals surface area contributed by atoms with Crippen molar-refractivity contribution in [1.82, 2.24) is 5.32 Å². The maximum Gasteiger partial charge on any atom is 0.00967 e. The smallest absolute Gasteiger partial charge is 0.00967 e. The van der Waals surface area contributed by atoms with Crippen LogP contribution in [0.4, 0.5) is 0 Å². The first-order valence-corrected chi connectivity index (χ1v) is 6.51. The van der Waals surface area contributed by atoms with Crippen LogP contribution in [-0.4, -0.2) is 12.1 Å². The molecule has 1 fully saturated rings. The van der Waals surface area contributed by atoms with Crippen molar-refractivity contribution < 1.29 is 0 Å². The summed E-state index contributed by atoms with van der Waals surface area (Å²) in [5.41, 5.74) is 0.741. The Morgan fingerprint density at radius 1 is 1.13 bits per heavy atom. The molecule has 0 heterocycles. The summed E-state index contributed by atoms with van der Waals surface area (Å²) in [5.74, 6) is 1.73. The second-order valence-corrected chi connectivity index (χ2v) is 6.89. The van der Waals surface area contributed by atoms with Gasteiger partial charge in [-0.05, 0) is 50.9 Å². The first-order valence-electron chi connectivity index (χ1n) is 6.51. The van der Waals surface area contributed by atoms with Gasteiger partial charge in [0.1, 0.15) is 0 Å². The van der Waals surface area contributed by atoms with Crippen molar-refractivity contribution >= 4 is 0 Å². The summed E-state index contributed by atoms with van der Waals surface area (Å²) < 4.78 is 0. The predicted octanol–water partition coefficient (Wildman–Crippen LogP) is 3.84. The van der Waals surface area contributed by atoms with E-state index in [9.17, 15) is 0 Å². The molecule has 0 aliphatic heterocycles. The van der Waals surface area contributed by atoms with Gasteiger partial charge in [0.15, 0.2) is 0 Å². The van der Waals surface area contributed by atoms with Gasteiger partial charge < -0.3 is 5.32 Å². The van der Waals surface area contributed by atoms with Gasteiger partial charge in [0.25, 0.3) is 0 Å². The first kappa shape index (κ1) is 13.0. The van der Waals surface area contributed by atoms with Gasteiger partial charge in [-0.25, -0.2) is 0 Å². The van der Waals surface area contributed by atoms with E-state index in [1.807, 2.05) is 0 Å². The van der Waals surface area contributed by atoms with Crippen molar-refractivity contribution in [3.05, 3.63) is 0 Å². The second kappa shape index (κ2) is 4.45. The molecule has 0 aromatic rings. The summed E-state index contributed by atoms with van der Waals surface area (Å²) in [4.78, 5) is 0. The first-order chi connectivity index (χ1) is 6.76. The van der Waals surface area contributed by atoms with E-state index in [1.165, 1.54) is 25.8 Å². The van der Waals surface area contributed by atoms with E-state index >= 15 is 0 Å². The fourth-order valence-corrected chi connectivity index (χ4v) is 2.34. The van der Waals surface area contributed by atoms with E-state index in [2.05, 4.69) is 46.9 Å². The Morgan fingerprint density at radius 2 is 1.67 bits per heavy atom. The molecule has 0 spiro atoms. The van der Waals surface area contributed by atoms with Gasteiger partial charge in [-0.15, -0.1) is 0 Å². The van der Waals surface area contributed by atoms with Gasteiger partial charge in [0, 0.05) is 12.1 Å². The maximum absolute atomic E-state index is 3.69. The Bertz CT molecular complexity index is 198. The van der Waals surface area contributed by atoms with Gasteiger partial charge in [0.05, 0.1) is 0 Å². The van der Waals surface area contributed by atoms with Crippen LogP contribution < -0.4 is 5.32 Å². The summed E-state index contributed by atoms with van der Waals surface area (Å²) in [7, 11) is 0. The van der Waals surface area contributed by atoms with Gasteiger partial charge in [-0.1, -0.05) is 27.2 Å². The Kier molecular flexibility index (Phi) is 3.86. The summed E-state index contributed by atoms with van der Waals surface area (Å²) in [6, 6.07) is 0. The molecule has 90 valence electrons. The topological polar surface area (TPSA) is 12.0 Å². The average Bonchev–Trinajstić information content (AvgIpc) is 1.95. The summed E-state index contributed by atoms with van der Waals surface area (Å²) >= 11 is 0. The Morgan fingerprint density at radius 3 is 1.93 bits per heavy atom. The highest BCUT2D eigenvalue weighted by Gasteiger charge is 2.40. The van der Waals surface area contributed by atoms with Crippen molar-refractivity contribution in [2.24, 2.45) is 17.3 Å². The lowest BCUT2D eigenvalue weighted by atomic mass is 9.61. The molecule has 1 unspecified atom stereocenters. The van der Waals surface area contributed by atoms with Crippen LogP contribution in [0.25, 0.3) is 0 Å². The van der Waals surface area contributed by atoms with E-state index in [-0.39, 0.29) is 5.54 Å². The lowest BCUT2D eigenvalue weighted by molar-refractivity contribution is 0.0455. The number of rotatable bonds is 4. The fraction of sp³-hybridized carbons (Fsp3) is 1.00. The van der Waals surface area contributed by atoms with Crippen LogP contribution in [0, 0.1) is 17.3 Å². The van der Waals surface area contributed by atoms with Crippen molar-refractivity contribution in [1.29, 1.82) is 0 Å². The molecule has 0 saturated heterocycles. The predicted molar refractivity (Wildman–Crippen MR) is 68.0 cm³/mol. The van der Waals surface area contributed by atoms with Crippen molar-refractivity contribution in [2.75, 3.05) is 6.54 Å². The largest absolute Gasteiger partial charge is 0.312 e. The highest BCUT2D eigenvalue weighted by molar-refractivity contribution is 4.92. The molecule has 0 aromatic heterocycles. The molecule has 1 nitrogen and oxygen atoms in total. The zero-order chi connectivity index (χ0) is 11.7. The number of hydrogen-bond acceptors (Lipinski definition) is 1. The zero-order valence-electron chi connectivity index (χ0n) is 11.5. The molecule has 0 aromatic carbocycles. The van der Waals surface area contributed by atoms with Crippen LogP contribution in [0.2, 0.25) is 0 Å². The molecule has 1 aliphatic rings. The summed E-state index contributed by atoms with van der Waals surface area (Å²) in [6.07, 6.45) is 4.34. The molecule has 1 N–H and O–H groups in total. The van der Waals surface area contributed by atoms with E-state index < -0.39 is 0 Å². The molecule has 0 bridgehead atoms. The Balaban J connectivity index is 2.57. The summed E-state index contributed by atoms with van der Waals surface area (Å²) in [6.45, 7) is 15.2. The number of hydrogen-bond donors (Lipinski definition) is 1. The van der Waals surface area contributed by atoms with E-state index in [0.717, 1.165) is 11.8 Å². The third-order valence-corrected chi connectivity index (χ3v) is 4.36. The minimum atomic E-state index is 0.250. The quantitative estimate of drug-likeness (QED) is 0.745. The molecule has 1 saturated carbocycles. The standard InChI is InChI=1S/C14H29N/c1-11(2)14(6,12-8-7-9-12)10-15-13(3,4)5/h11-12,15H,7-10H2,1-6H3.